The summed E-state index contributed by atoms with van der Waals surface area (Å²) in [5.41, 5.74) is 0.901. The number of hydrogen-bond donors (Lipinski definition) is 2. The van der Waals surface area contributed by atoms with E-state index in [4.69, 9.17) is 5.26 Å². The van der Waals surface area contributed by atoms with E-state index in [0.29, 0.717) is 23.8 Å². The lowest BCUT2D eigenvalue weighted by Crippen LogP contribution is -2.32. The van der Waals surface area contributed by atoms with Crippen molar-refractivity contribution in [2.24, 2.45) is 0 Å². The number of rotatable bonds is 6. The third kappa shape index (κ3) is 4.71. The highest BCUT2D eigenvalue weighted by molar-refractivity contribution is 5.61. The summed E-state index contributed by atoms with van der Waals surface area (Å²) >= 11 is 0. The predicted molar refractivity (Wildman–Crippen MR) is 85.8 cm³/mol. The van der Waals surface area contributed by atoms with Gasteiger partial charge in [0.25, 0.3) is 5.69 Å². The van der Waals surface area contributed by atoms with Crippen molar-refractivity contribution in [3.05, 3.63) is 33.9 Å². The molecule has 0 heterocycles. The molecule has 0 aromatic heterocycles. The smallest absolute Gasteiger partial charge is 0.270 e. The van der Waals surface area contributed by atoms with Crippen LogP contribution in [0.25, 0.3) is 0 Å². The quantitative estimate of drug-likeness (QED) is 0.364. The van der Waals surface area contributed by atoms with Crippen molar-refractivity contribution in [1.82, 2.24) is 5.32 Å². The van der Waals surface area contributed by atoms with Gasteiger partial charge in [-0.1, -0.05) is 25.7 Å². The molecule has 118 valence electrons. The molecule has 0 spiro atoms. The fraction of sp³-hybridized carbons (Fsp3) is 0.562. The van der Waals surface area contributed by atoms with Crippen LogP contribution in [-0.4, -0.2) is 24.1 Å². The Bertz CT molecular complexity index is 546. The van der Waals surface area contributed by atoms with Crippen molar-refractivity contribution in [1.29, 1.82) is 5.26 Å². The second-order valence-electron chi connectivity index (χ2n) is 5.67. The summed E-state index contributed by atoms with van der Waals surface area (Å²) < 4.78 is 0. The fourth-order valence-corrected chi connectivity index (χ4v) is 2.85. The standard InChI is InChI=1S/C16H22N4O2/c17-12-13-11-15(20(21)22)7-8-16(13)19-10-9-18-14-5-3-1-2-4-6-14/h7-8,11,14,18-19H,1-6,9-10H2. The lowest BCUT2D eigenvalue weighted by Gasteiger charge is -2.16. The highest BCUT2D eigenvalue weighted by Crippen LogP contribution is 2.21. The van der Waals surface area contributed by atoms with Crippen molar-refractivity contribution < 1.29 is 4.92 Å². The Morgan fingerprint density at radius 3 is 2.59 bits per heavy atom. The summed E-state index contributed by atoms with van der Waals surface area (Å²) in [6.07, 6.45) is 7.75. The van der Waals surface area contributed by atoms with E-state index in [0.717, 1.165) is 6.54 Å². The van der Waals surface area contributed by atoms with Gasteiger partial charge in [-0.3, -0.25) is 10.1 Å². The molecule has 1 aromatic carbocycles. The molecule has 0 amide bonds. The first kappa shape index (κ1) is 16.2. The molecule has 2 rings (SSSR count). The first-order valence-electron chi connectivity index (χ1n) is 7.86. The molecule has 1 aromatic rings. The zero-order valence-corrected chi connectivity index (χ0v) is 12.7. The number of nitro groups is 1. The van der Waals surface area contributed by atoms with Gasteiger partial charge in [0.1, 0.15) is 6.07 Å². The van der Waals surface area contributed by atoms with E-state index >= 15 is 0 Å². The molecule has 22 heavy (non-hydrogen) atoms. The number of anilines is 1. The van der Waals surface area contributed by atoms with Crippen LogP contribution in [-0.2, 0) is 0 Å². The molecule has 6 heteroatoms. The van der Waals surface area contributed by atoms with Gasteiger partial charge < -0.3 is 10.6 Å². The first-order valence-corrected chi connectivity index (χ1v) is 7.86. The van der Waals surface area contributed by atoms with Crippen molar-refractivity contribution in [2.75, 3.05) is 18.4 Å². The van der Waals surface area contributed by atoms with Gasteiger partial charge in [0.05, 0.1) is 16.2 Å². The molecular formula is C16H22N4O2. The largest absolute Gasteiger partial charge is 0.383 e. The fourth-order valence-electron chi connectivity index (χ4n) is 2.85. The topological polar surface area (TPSA) is 91.0 Å². The van der Waals surface area contributed by atoms with Gasteiger partial charge in [-0.2, -0.15) is 5.26 Å². The molecular weight excluding hydrogens is 280 g/mol. The van der Waals surface area contributed by atoms with E-state index in [1.54, 1.807) is 6.07 Å². The van der Waals surface area contributed by atoms with Crippen LogP contribution in [0.15, 0.2) is 18.2 Å². The van der Waals surface area contributed by atoms with E-state index in [2.05, 4.69) is 10.6 Å². The highest BCUT2D eigenvalue weighted by Gasteiger charge is 2.12. The van der Waals surface area contributed by atoms with Crippen LogP contribution in [0.5, 0.6) is 0 Å². The molecule has 1 aliphatic carbocycles. The Balaban J connectivity index is 1.81. The maximum atomic E-state index is 10.7. The van der Waals surface area contributed by atoms with Gasteiger partial charge in [-0.15, -0.1) is 0 Å². The predicted octanol–water partition coefficient (Wildman–Crippen LogP) is 3.19. The second-order valence-corrected chi connectivity index (χ2v) is 5.67. The molecule has 1 saturated carbocycles. The number of nitrogens with zero attached hydrogens (tertiary/aromatic N) is 2. The first-order chi connectivity index (χ1) is 10.7. The van der Waals surface area contributed by atoms with Gasteiger partial charge >= 0.3 is 0 Å². The van der Waals surface area contributed by atoms with Gasteiger partial charge in [0.2, 0.25) is 0 Å². The lowest BCUT2D eigenvalue weighted by atomic mass is 10.1. The Morgan fingerprint density at radius 1 is 1.23 bits per heavy atom. The highest BCUT2D eigenvalue weighted by atomic mass is 16.6. The Labute approximate surface area is 130 Å². The maximum absolute atomic E-state index is 10.7. The lowest BCUT2D eigenvalue weighted by molar-refractivity contribution is -0.384. The van der Waals surface area contributed by atoms with Crippen molar-refractivity contribution in [3.8, 4) is 6.07 Å². The molecule has 0 radical (unpaired) electrons. The van der Waals surface area contributed by atoms with Crippen molar-refractivity contribution >= 4 is 11.4 Å². The minimum absolute atomic E-state index is 0.0568. The number of nitro benzene ring substituents is 1. The number of non-ortho nitro benzene ring substituents is 1. The molecule has 0 atom stereocenters. The van der Waals surface area contributed by atoms with Gasteiger partial charge in [-0.05, 0) is 18.9 Å². The summed E-state index contributed by atoms with van der Waals surface area (Å²) in [6.45, 7) is 1.52. The van der Waals surface area contributed by atoms with Crippen molar-refractivity contribution in [3.63, 3.8) is 0 Å². The zero-order chi connectivity index (χ0) is 15.8. The third-order valence-corrected chi connectivity index (χ3v) is 4.06. The van der Waals surface area contributed by atoms with E-state index in [-0.39, 0.29) is 5.69 Å². The van der Waals surface area contributed by atoms with E-state index < -0.39 is 4.92 Å². The molecule has 0 bridgehead atoms. The summed E-state index contributed by atoms with van der Waals surface area (Å²) in [4.78, 5) is 10.2. The number of nitrogens with one attached hydrogen (secondary N) is 2. The molecule has 0 aliphatic heterocycles. The van der Waals surface area contributed by atoms with Crippen LogP contribution >= 0.6 is 0 Å². The van der Waals surface area contributed by atoms with Crippen LogP contribution in [0.3, 0.4) is 0 Å². The van der Waals surface area contributed by atoms with Crippen LogP contribution in [0.2, 0.25) is 0 Å². The number of nitriles is 1. The minimum atomic E-state index is -0.488. The summed E-state index contributed by atoms with van der Waals surface area (Å²) in [5.74, 6) is 0. The average molecular weight is 302 g/mol. The van der Waals surface area contributed by atoms with Gasteiger partial charge in [-0.25, -0.2) is 0 Å². The second kappa shape index (κ2) is 8.35. The van der Waals surface area contributed by atoms with E-state index in [9.17, 15) is 10.1 Å². The average Bonchev–Trinajstić information content (AvgIpc) is 2.80. The molecule has 0 saturated heterocycles. The Hall–Kier alpha value is -2.13. The Kier molecular flexibility index (Phi) is 6.16. The summed E-state index contributed by atoms with van der Waals surface area (Å²) in [6, 6.07) is 6.92. The number of benzene rings is 1. The normalized spacial score (nSPS) is 15.8. The van der Waals surface area contributed by atoms with Gasteiger partial charge in [0.15, 0.2) is 0 Å². The van der Waals surface area contributed by atoms with Crippen LogP contribution in [0.4, 0.5) is 11.4 Å². The Morgan fingerprint density at radius 2 is 1.95 bits per heavy atom. The van der Waals surface area contributed by atoms with E-state index in [1.165, 1.54) is 50.7 Å². The zero-order valence-electron chi connectivity index (χ0n) is 12.7. The minimum Gasteiger partial charge on any atom is -0.383 e. The molecule has 0 unspecified atom stereocenters. The molecule has 6 nitrogen and oxygen atoms in total. The van der Waals surface area contributed by atoms with Crippen LogP contribution in [0.1, 0.15) is 44.1 Å². The summed E-state index contributed by atoms with van der Waals surface area (Å²) in [5, 5.41) is 26.5. The monoisotopic (exact) mass is 302 g/mol. The molecule has 1 aliphatic rings. The molecule has 2 N–H and O–H groups in total. The number of hydrogen-bond acceptors (Lipinski definition) is 5. The molecule has 1 fully saturated rings. The maximum Gasteiger partial charge on any atom is 0.270 e. The SMILES string of the molecule is N#Cc1cc([N+](=O)[O-])ccc1NCCNC1CCCCCC1. The van der Waals surface area contributed by atoms with Crippen molar-refractivity contribution in [2.45, 2.75) is 44.6 Å². The summed E-state index contributed by atoms with van der Waals surface area (Å²) in [7, 11) is 0. The van der Waals surface area contributed by atoms with Crippen LogP contribution in [0, 0.1) is 21.4 Å². The van der Waals surface area contributed by atoms with Crippen LogP contribution < -0.4 is 10.6 Å². The van der Waals surface area contributed by atoms with Gasteiger partial charge in [0, 0.05) is 31.3 Å². The third-order valence-electron chi connectivity index (χ3n) is 4.06. The van der Waals surface area contributed by atoms with E-state index in [1.807, 2.05) is 6.07 Å².